The van der Waals surface area contributed by atoms with Crippen LogP contribution in [0.25, 0.3) is 0 Å². The Morgan fingerprint density at radius 1 is 1.32 bits per heavy atom. The van der Waals surface area contributed by atoms with Crippen molar-refractivity contribution in [3.8, 4) is 0 Å². The number of methoxy groups -OCH3 is 1. The van der Waals surface area contributed by atoms with Gasteiger partial charge in [0.25, 0.3) is 0 Å². The van der Waals surface area contributed by atoms with Crippen molar-refractivity contribution in [1.29, 1.82) is 0 Å². The quantitative estimate of drug-likeness (QED) is 0.558. The van der Waals surface area contributed by atoms with E-state index < -0.39 is 6.09 Å². The van der Waals surface area contributed by atoms with Gasteiger partial charge in [-0.3, -0.25) is 0 Å². The van der Waals surface area contributed by atoms with Crippen LogP contribution in [0.1, 0.15) is 24.8 Å². The molecule has 0 bridgehead atoms. The molecular weight excluding hydrogens is 308 g/mol. The first kappa shape index (κ1) is 18.3. The fourth-order valence-corrected chi connectivity index (χ4v) is 1.99. The van der Waals surface area contributed by atoms with Crippen molar-refractivity contribution in [3.63, 3.8) is 0 Å². The van der Waals surface area contributed by atoms with Gasteiger partial charge in [0, 0.05) is 23.6 Å². The molecule has 0 saturated heterocycles. The second kappa shape index (κ2) is 10.0. The molecule has 0 spiro atoms. The molecule has 0 heterocycles. The lowest BCUT2D eigenvalue weighted by Gasteiger charge is -2.09. The summed E-state index contributed by atoms with van der Waals surface area (Å²) in [6.45, 7) is 0.615. The Morgan fingerprint density at radius 2 is 2.05 bits per heavy atom. The van der Waals surface area contributed by atoms with Gasteiger partial charge in [0.2, 0.25) is 0 Å². The molecule has 1 aromatic rings. The summed E-state index contributed by atoms with van der Waals surface area (Å²) in [5.41, 5.74) is 4.48. The van der Waals surface area contributed by atoms with Gasteiger partial charge in [-0.05, 0) is 18.9 Å². The predicted octanol–water partition coefficient (Wildman–Crippen LogP) is 1.52. The van der Waals surface area contributed by atoms with Gasteiger partial charge in [-0.2, -0.15) is 0 Å². The van der Waals surface area contributed by atoms with E-state index in [1.165, 1.54) is 7.11 Å². The average molecular weight is 330 g/mol. The summed E-state index contributed by atoms with van der Waals surface area (Å²) in [7, 11) is 1.34. The normalized spacial score (nSPS) is 11.6. The number of unbranched alkanes of at least 4 members (excludes halogenated alkanes) is 1. The Labute approximate surface area is 134 Å². The number of ether oxygens (including phenoxy) is 2. The highest BCUT2D eigenvalue weighted by molar-refractivity contribution is 6.31. The molecule has 0 aliphatic carbocycles. The van der Waals surface area contributed by atoms with E-state index in [-0.39, 0.29) is 18.6 Å². The van der Waals surface area contributed by atoms with E-state index in [4.69, 9.17) is 16.3 Å². The number of esters is 1. The monoisotopic (exact) mass is 329 g/mol. The van der Waals surface area contributed by atoms with Crippen LogP contribution < -0.4 is 11.1 Å². The van der Waals surface area contributed by atoms with Crippen LogP contribution in [0.2, 0.25) is 5.02 Å². The maximum absolute atomic E-state index is 11.5. The maximum atomic E-state index is 11.5. The van der Waals surface area contributed by atoms with E-state index in [0.29, 0.717) is 18.0 Å². The lowest BCUT2D eigenvalue weighted by molar-refractivity contribution is -0.409. The van der Waals surface area contributed by atoms with Crippen LogP contribution in [0.5, 0.6) is 0 Å². The van der Waals surface area contributed by atoms with Crippen molar-refractivity contribution < 1.29 is 24.8 Å². The molecule has 1 atom stereocenters. The van der Waals surface area contributed by atoms with Gasteiger partial charge in [0.1, 0.15) is 6.61 Å². The molecule has 0 aliphatic heterocycles. The Morgan fingerprint density at radius 3 is 2.73 bits per heavy atom. The highest BCUT2D eigenvalue weighted by Crippen LogP contribution is 2.15. The first-order valence-electron chi connectivity index (χ1n) is 7.09. The first-order valence-corrected chi connectivity index (χ1v) is 7.47. The van der Waals surface area contributed by atoms with Gasteiger partial charge in [0.05, 0.1) is 7.11 Å². The summed E-state index contributed by atoms with van der Waals surface area (Å²) in [6.07, 6.45) is 1.65. The third-order valence-corrected chi connectivity index (χ3v) is 3.47. The zero-order valence-electron chi connectivity index (χ0n) is 12.6. The van der Waals surface area contributed by atoms with Crippen LogP contribution in [-0.2, 0) is 20.9 Å². The lowest BCUT2D eigenvalue weighted by Crippen LogP contribution is -2.65. The number of amides is 1. The van der Waals surface area contributed by atoms with Crippen molar-refractivity contribution in [3.05, 3.63) is 34.9 Å². The van der Waals surface area contributed by atoms with Crippen LogP contribution in [0.15, 0.2) is 24.3 Å². The largest absolute Gasteiger partial charge is 0.465 e. The Bertz CT molecular complexity index is 496. The Balaban J connectivity index is 2.11. The highest BCUT2D eigenvalue weighted by atomic mass is 35.5. The standard InChI is InChI=1S/C15H21ClN2O4/c1-21-14(19)13(17)8-4-5-9-18-15(20)22-10-11-6-2-3-7-12(11)16/h2-3,6-7,13H,4-5,8-10,17H2,1H3,(H,18,20)/p+1. The number of hydrogen-bond acceptors (Lipinski definition) is 4. The Hall–Kier alpha value is -1.79. The van der Waals surface area contributed by atoms with E-state index in [1.807, 2.05) is 12.1 Å². The van der Waals surface area contributed by atoms with Gasteiger partial charge in [-0.1, -0.05) is 29.8 Å². The number of halogens is 1. The molecular formula is C15H22ClN2O4+. The minimum Gasteiger partial charge on any atom is -0.465 e. The third kappa shape index (κ3) is 6.78. The van der Waals surface area contributed by atoms with Gasteiger partial charge in [-0.25, -0.2) is 9.59 Å². The van der Waals surface area contributed by atoms with Crippen LogP contribution in [0.3, 0.4) is 0 Å². The summed E-state index contributed by atoms with van der Waals surface area (Å²) in [6, 6.07) is 6.83. The molecule has 7 heteroatoms. The van der Waals surface area contributed by atoms with E-state index >= 15 is 0 Å². The van der Waals surface area contributed by atoms with Crippen molar-refractivity contribution >= 4 is 23.7 Å². The van der Waals surface area contributed by atoms with Crippen LogP contribution in [0, 0.1) is 0 Å². The van der Waals surface area contributed by atoms with Crippen LogP contribution >= 0.6 is 11.6 Å². The zero-order valence-corrected chi connectivity index (χ0v) is 13.4. The third-order valence-electron chi connectivity index (χ3n) is 3.10. The Kier molecular flexibility index (Phi) is 8.32. The first-order chi connectivity index (χ1) is 10.5. The second-order valence-corrected chi connectivity index (χ2v) is 5.22. The molecule has 0 radical (unpaired) electrons. The molecule has 0 saturated carbocycles. The van der Waals surface area contributed by atoms with E-state index in [1.54, 1.807) is 12.1 Å². The van der Waals surface area contributed by atoms with Crippen LogP contribution in [-0.4, -0.2) is 31.8 Å². The summed E-state index contributed by atoms with van der Waals surface area (Å²) < 4.78 is 9.66. The van der Waals surface area contributed by atoms with E-state index in [9.17, 15) is 9.59 Å². The summed E-state index contributed by atoms with van der Waals surface area (Å²) in [5.74, 6) is -0.313. The molecule has 1 unspecified atom stereocenters. The van der Waals surface area contributed by atoms with Gasteiger partial charge >= 0.3 is 12.1 Å². The average Bonchev–Trinajstić information content (AvgIpc) is 2.52. The SMILES string of the molecule is COC(=O)C([NH3+])CCCCNC(=O)OCc1ccccc1Cl. The molecule has 0 fully saturated rings. The van der Waals surface area contributed by atoms with E-state index in [2.05, 4.69) is 15.8 Å². The number of carbonyl (C=O) groups excluding carboxylic acids is 2. The molecule has 122 valence electrons. The van der Waals surface area contributed by atoms with E-state index in [0.717, 1.165) is 18.4 Å². The number of hydrogen-bond donors (Lipinski definition) is 2. The van der Waals surface area contributed by atoms with Gasteiger partial charge in [-0.15, -0.1) is 0 Å². The minimum absolute atomic E-state index is 0.134. The second-order valence-electron chi connectivity index (χ2n) is 4.81. The van der Waals surface area contributed by atoms with Crippen molar-refractivity contribution in [2.45, 2.75) is 31.9 Å². The topological polar surface area (TPSA) is 92.3 Å². The summed E-state index contributed by atoms with van der Waals surface area (Å²) in [5, 5.41) is 3.22. The zero-order chi connectivity index (χ0) is 16.4. The molecule has 1 rings (SSSR count). The number of quaternary nitrogens is 1. The highest BCUT2D eigenvalue weighted by Gasteiger charge is 2.16. The number of rotatable bonds is 8. The van der Waals surface area contributed by atoms with Gasteiger partial charge < -0.3 is 20.5 Å². The number of alkyl carbamates (subject to hydrolysis) is 1. The molecule has 4 N–H and O–H groups in total. The maximum Gasteiger partial charge on any atom is 0.407 e. The van der Waals surface area contributed by atoms with Crippen molar-refractivity contribution in [1.82, 2.24) is 5.32 Å². The molecule has 0 aliphatic rings. The number of nitrogens with one attached hydrogen (secondary N) is 1. The van der Waals surface area contributed by atoms with Crippen LogP contribution in [0.4, 0.5) is 4.79 Å². The lowest BCUT2D eigenvalue weighted by atomic mass is 10.1. The fraction of sp³-hybridized carbons (Fsp3) is 0.467. The predicted molar refractivity (Wildman–Crippen MR) is 82.2 cm³/mol. The smallest absolute Gasteiger partial charge is 0.407 e. The molecule has 6 nitrogen and oxygen atoms in total. The van der Waals surface area contributed by atoms with Gasteiger partial charge in [0.15, 0.2) is 6.04 Å². The summed E-state index contributed by atoms with van der Waals surface area (Å²) >= 11 is 5.97. The molecule has 22 heavy (non-hydrogen) atoms. The van der Waals surface area contributed by atoms with Crippen molar-refractivity contribution in [2.75, 3.05) is 13.7 Å². The minimum atomic E-state index is -0.487. The fourth-order valence-electron chi connectivity index (χ4n) is 1.80. The number of carbonyl (C=O) groups is 2. The molecule has 1 aromatic carbocycles. The number of benzene rings is 1. The molecule has 0 aromatic heterocycles. The van der Waals surface area contributed by atoms with Crippen molar-refractivity contribution in [2.24, 2.45) is 0 Å². The summed E-state index contributed by atoms with van der Waals surface area (Å²) in [4.78, 5) is 22.7. The molecule has 1 amide bonds.